The molecule has 0 fully saturated rings. The first-order valence-electron chi connectivity index (χ1n) is 8.28. The average Bonchev–Trinajstić information content (AvgIpc) is 2.65. The largest absolute Gasteiger partial charge is 0.493 e. The molecule has 2 atom stereocenters. The van der Waals surface area contributed by atoms with Crippen molar-refractivity contribution in [2.75, 3.05) is 13.2 Å². The molecule has 2 unspecified atom stereocenters. The number of halogens is 1. The number of ether oxygens (including phenoxy) is 1. The monoisotopic (exact) mass is 394 g/mol. The molecule has 9 heteroatoms. The molecule has 2 aromatic carbocycles. The van der Waals surface area contributed by atoms with Crippen molar-refractivity contribution < 1.29 is 27.4 Å². The number of benzene rings is 2. The number of sulfonamides is 1. The molecule has 7 nitrogen and oxygen atoms in total. The van der Waals surface area contributed by atoms with Crippen LogP contribution < -0.4 is 15.2 Å². The fraction of sp³-hybridized carbons (Fsp3) is 0.278. The summed E-state index contributed by atoms with van der Waals surface area (Å²) in [6.07, 6.45) is -0.954. The van der Waals surface area contributed by atoms with E-state index in [0.717, 1.165) is 12.1 Å². The van der Waals surface area contributed by atoms with E-state index in [1.54, 1.807) is 18.2 Å². The van der Waals surface area contributed by atoms with Crippen LogP contribution in [0.2, 0.25) is 0 Å². The van der Waals surface area contributed by atoms with Crippen LogP contribution in [0.15, 0.2) is 47.4 Å². The number of nitrogens with two attached hydrogens (primary N) is 1. The van der Waals surface area contributed by atoms with Gasteiger partial charge in [0.05, 0.1) is 11.5 Å². The van der Waals surface area contributed by atoms with Crippen LogP contribution in [-0.4, -0.2) is 32.6 Å². The molecule has 144 valence electrons. The number of fused-ring (bicyclic) bond motifs is 1. The second kappa shape index (κ2) is 7.63. The van der Waals surface area contributed by atoms with Gasteiger partial charge in [0, 0.05) is 18.0 Å². The van der Waals surface area contributed by atoms with E-state index in [9.17, 15) is 22.7 Å². The van der Waals surface area contributed by atoms with Gasteiger partial charge in [-0.2, -0.15) is 0 Å². The Kier molecular flexibility index (Phi) is 5.45. The minimum atomic E-state index is -3.80. The number of para-hydroxylation sites is 1. The molecular weight excluding hydrogens is 375 g/mol. The molecule has 1 heterocycles. The lowest BCUT2D eigenvalue weighted by Gasteiger charge is -2.28. The van der Waals surface area contributed by atoms with Crippen LogP contribution in [0.3, 0.4) is 0 Å². The second-order valence-electron chi connectivity index (χ2n) is 6.21. The maximum Gasteiger partial charge on any atom is 0.251 e. The number of hydrogen-bond acceptors (Lipinski definition) is 5. The lowest BCUT2D eigenvalue weighted by atomic mass is 9.90. The summed E-state index contributed by atoms with van der Waals surface area (Å²) in [5.41, 5.74) is 6.10. The van der Waals surface area contributed by atoms with E-state index < -0.39 is 27.9 Å². The van der Waals surface area contributed by atoms with E-state index >= 15 is 0 Å². The third-order valence-corrected chi connectivity index (χ3v) is 5.88. The van der Waals surface area contributed by atoms with Gasteiger partial charge in [0.25, 0.3) is 5.91 Å². The van der Waals surface area contributed by atoms with E-state index in [1.165, 1.54) is 12.1 Å². The van der Waals surface area contributed by atoms with Crippen molar-refractivity contribution in [3.05, 3.63) is 59.4 Å². The second-order valence-corrected chi connectivity index (χ2v) is 7.98. The van der Waals surface area contributed by atoms with Crippen LogP contribution in [-0.2, 0) is 14.8 Å². The Morgan fingerprint density at radius 3 is 2.67 bits per heavy atom. The molecule has 27 heavy (non-hydrogen) atoms. The average molecular weight is 394 g/mol. The number of carbonyl (C=O) groups is 1. The number of hydrogen-bond donors (Lipinski definition) is 3. The lowest BCUT2D eigenvalue weighted by Crippen LogP contribution is -2.31. The fourth-order valence-corrected chi connectivity index (χ4v) is 4.09. The van der Waals surface area contributed by atoms with Crippen LogP contribution in [0.25, 0.3) is 0 Å². The zero-order valence-electron chi connectivity index (χ0n) is 14.3. The summed E-state index contributed by atoms with van der Waals surface area (Å²) in [6.45, 7) is 0.393. The Balaban J connectivity index is 1.81. The zero-order chi connectivity index (χ0) is 19.6. The number of aliphatic hydroxyl groups is 1. The van der Waals surface area contributed by atoms with Crippen molar-refractivity contribution in [3.8, 4) is 5.75 Å². The molecule has 3 rings (SSSR count). The van der Waals surface area contributed by atoms with Crippen LogP contribution in [0.5, 0.6) is 5.75 Å². The highest BCUT2D eigenvalue weighted by Gasteiger charge is 2.28. The van der Waals surface area contributed by atoms with E-state index in [-0.39, 0.29) is 22.9 Å². The third kappa shape index (κ3) is 4.10. The van der Waals surface area contributed by atoms with Crippen molar-refractivity contribution in [2.24, 2.45) is 5.73 Å². The van der Waals surface area contributed by atoms with E-state index in [2.05, 4.69) is 4.72 Å². The van der Waals surface area contributed by atoms with E-state index in [1.807, 2.05) is 0 Å². The molecule has 2 aromatic rings. The highest BCUT2D eigenvalue weighted by molar-refractivity contribution is 7.89. The highest BCUT2D eigenvalue weighted by atomic mass is 32.2. The summed E-state index contributed by atoms with van der Waals surface area (Å²) < 4.78 is 45.9. The highest BCUT2D eigenvalue weighted by Crippen LogP contribution is 2.38. The molecule has 4 N–H and O–H groups in total. The number of primary amides is 1. The van der Waals surface area contributed by atoms with Crippen LogP contribution in [0, 0.1) is 5.82 Å². The molecular formula is C18H19FN2O5S. The third-order valence-electron chi connectivity index (χ3n) is 4.44. The Morgan fingerprint density at radius 1 is 1.30 bits per heavy atom. The molecule has 1 amide bonds. The first-order valence-corrected chi connectivity index (χ1v) is 9.76. The number of rotatable bonds is 6. The fourth-order valence-electron chi connectivity index (χ4n) is 3.01. The summed E-state index contributed by atoms with van der Waals surface area (Å²) in [6, 6.07) is 9.48. The molecule has 1 aliphatic rings. The summed E-state index contributed by atoms with van der Waals surface area (Å²) in [5, 5.41) is 9.97. The topological polar surface area (TPSA) is 119 Å². The van der Waals surface area contributed by atoms with Crippen molar-refractivity contribution >= 4 is 15.9 Å². The Bertz CT molecular complexity index is 947. The van der Waals surface area contributed by atoms with E-state index in [0.29, 0.717) is 24.3 Å². The number of amides is 1. The van der Waals surface area contributed by atoms with Crippen LogP contribution >= 0.6 is 0 Å². The Hall–Kier alpha value is -2.49. The molecule has 0 aliphatic carbocycles. The van der Waals surface area contributed by atoms with Gasteiger partial charge in [-0.1, -0.05) is 18.2 Å². The number of nitrogens with one attached hydrogen (secondary N) is 1. The van der Waals surface area contributed by atoms with Gasteiger partial charge in [-0.25, -0.2) is 17.5 Å². The summed E-state index contributed by atoms with van der Waals surface area (Å²) in [5.74, 6) is -1.29. The molecule has 0 bridgehead atoms. The predicted octanol–water partition coefficient (Wildman–Crippen LogP) is 1.19. The predicted molar refractivity (Wildman–Crippen MR) is 95.0 cm³/mol. The van der Waals surface area contributed by atoms with Gasteiger partial charge >= 0.3 is 0 Å². The van der Waals surface area contributed by atoms with E-state index in [4.69, 9.17) is 10.5 Å². The van der Waals surface area contributed by atoms with Gasteiger partial charge in [0.15, 0.2) is 6.10 Å². The lowest BCUT2D eigenvalue weighted by molar-refractivity contribution is -0.126. The Labute approximate surface area is 156 Å². The van der Waals surface area contributed by atoms with Gasteiger partial charge in [0.1, 0.15) is 11.6 Å². The van der Waals surface area contributed by atoms with Gasteiger partial charge in [-0.3, -0.25) is 4.79 Å². The smallest absolute Gasteiger partial charge is 0.251 e. The maximum absolute atomic E-state index is 13.0. The normalized spacial score (nSPS) is 17.6. The molecule has 0 aromatic heterocycles. The van der Waals surface area contributed by atoms with Gasteiger partial charge < -0.3 is 15.6 Å². The molecule has 0 spiro atoms. The number of carbonyl (C=O) groups excluding carboxylic acids is 1. The Morgan fingerprint density at radius 2 is 2.00 bits per heavy atom. The minimum absolute atomic E-state index is 0.0333. The summed E-state index contributed by atoms with van der Waals surface area (Å²) in [7, 11) is -3.80. The van der Waals surface area contributed by atoms with Crippen LogP contribution in [0.1, 0.15) is 29.6 Å². The zero-order valence-corrected chi connectivity index (χ0v) is 15.1. The standard InChI is InChI=1S/C18H19FN2O5S/c19-12-4-6-13(7-5-12)27(24,25)21-10-11-8-9-26-17-14(11)2-1-3-15(17)16(22)18(20)23/h1-7,11,16,21-22H,8-10H2,(H2,20,23). The van der Waals surface area contributed by atoms with Crippen molar-refractivity contribution in [2.45, 2.75) is 23.3 Å². The first kappa shape index (κ1) is 19.3. The minimum Gasteiger partial charge on any atom is -0.493 e. The van der Waals surface area contributed by atoms with Crippen molar-refractivity contribution in [1.29, 1.82) is 0 Å². The van der Waals surface area contributed by atoms with Gasteiger partial charge in [-0.15, -0.1) is 0 Å². The van der Waals surface area contributed by atoms with Gasteiger partial charge in [0.2, 0.25) is 10.0 Å². The van der Waals surface area contributed by atoms with Crippen molar-refractivity contribution in [1.82, 2.24) is 4.72 Å². The molecule has 0 saturated heterocycles. The SMILES string of the molecule is NC(=O)C(O)c1cccc2c1OCCC2CNS(=O)(=O)c1ccc(F)cc1. The summed E-state index contributed by atoms with van der Waals surface area (Å²) >= 11 is 0. The molecule has 0 saturated carbocycles. The maximum atomic E-state index is 13.0. The van der Waals surface area contributed by atoms with Crippen LogP contribution in [0.4, 0.5) is 4.39 Å². The summed E-state index contributed by atoms with van der Waals surface area (Å²) in [4.78, 5) is 11.3. The molecule has 0 radical (unpaired) electrons. The quantitative estimate of drug-likeness (QED) is 0.680. The van der Waals surface area contributed by atoms with Crippen molar-refractivity contribution in [3.63, 3.8) is 0 Å². The number of aliphatic hydroxyl groups excluding tert-OH is 1. The van der Waals surface area contributed by atoms with Gasteiger partial charge in [-0.05, 0) is 36.2 Å². The molecule has 1 aliphatic heterocycles. The first-order chi connectivity index (χ1) is 12.8.